The van der Waals surface area contributed by atoms with E-state index >= 15 is 0 Å². The van der Waals surface area contributed by atoms with Gasteiger partial charge in [0.1, 0.15) is 0 Å². The molecule has 0 radical (unpaired) electrons. The predicted molar refractivity (Wildman–Crippen MR) is 65.8 cm³/mol. The van der Waals surface area contributed by atoms with Crippen LogP contribution in [0.5, 0.6) is 0 Å². The molecule has 0 saturated heterocycles. The lowest BCUT2D eigenvalue weighted by Gasteiger charge is -2.18. The molecule has 1 N–H and O–H groups in total. The monoisotopic (exact) mass is 209 g/mol. The lowest BCUT2D eigenvalue weighted by Crippen LogP contribution is -2.31. The Balaban J connectivity index is 1.62. The Morgan fingerprint density at radius 1 is 1.27 bits per heavy atom. The topological polar surface area (TPSA) is 12.0 Å². The van der Waals surface area contributed by atoms with Gasteiger partial charge in [-0.15, -0.1) is 0 Å². The highest BCUT2D eigenvalue weighted by atomic mass is 15.0. The van der Waals surface area contributed by atoms with Crippen LogP contribution < -0.4 is 5.32 Å². The SMILES string of the molecule is CCC1CC1NC(C)CC(C)C1CC1C. The van der Waals surface area contributed by atoms with E-state index in [1.165, 1.54) is 25.7 Å². The van der Waals surface area contributed by atoms with E-state index in [9.17, 15) is 0 Å². The van der Waals surface area contributed by atoms with Crippen molar-refractivity contribution in [1.82, 2.24) is 5.32 Å². The Morgan fingerprint density at radius 2 is 1.93 bits per heavy atom. The summed E-state index contributed by atoms with van der Waals surface area (Å²) < 4.78 is 0. The van der Waals surface area contributed by atoms with Crippen LogP contribution in [0, 0.1) is 23.7 Å². The molecular weight excluding hydrogens is 182 g/mol. The van der Waals surface area contributed by atoms with Gasteiger partial charge in [-0.2, -0.15) is 0 Å². The lowest BCUT2D eigenvalue weighted by atomic mass is 9.96. The Hall–Kier alpha value is -0.0400. The summed E-state index contributed by atoms with van der Waals surface area (Å²) in [6.45, 7) is 9.52. The minimum Gasteiger partial charge on any atom is -0.311 e. The van der Waals surface area contributed by atoms with Gasteiger partial charge >= 0.3 is 0 Å². The summed E-state index contributed by atoms with van der Waals surface area (Å²) >= 11 is 0. The van der Waals surface area contributed by atoms with Crippen molar-refractivity contribution in [2.75, 3.05) is 0 Å². The molecule has 0 bridgehead atoms. The predicted octanol–water partition coefficient (Wildman–Crippen LogP) is 3.45. The van der Waals surface area contributed by atoms with Gasteiger partial charge in [0.2, 0.25) is 0 Å². The average Bonchev–Trinajstić information content (AvgIpc) is 3.03. The molecule has 2 fully saturated rings. The molecule has 1 nitrogen and oxygen atoms in total. The van der Waals surface area contributed by atoms with Crippen molar-refractivity contribution in [1.29, 1.82) is 0 Å². The van der Waals surface area contributed by atoms with E-state index in [0.717, 1.165) is 35.8 Å². The van der Waals surface area contributed by atoms with E-state index in [0.29, 0.717) is 0 Å². The maximum absolute atomic E-state index is 3.78. The second-order valence-electron chi connectivity index (χ2n) is 6.17. The van der Waals surface area contributed by atoms with Crippen molar-refractivity contribution in [3.05, 3.63) is 0 Å². The van der Waals surface area contributed by atoms with E-state index in [1.807, 2.05) is 0 Å². The maximum atomic E-state index is 3.78. The molecule has 1 heteroatoms. The third-order valence-corrected chi connectivity index (χ3v) is 4.57. The third-order valence-electron chi connectivity index (χ3n) is 4.57. The zero-order chi connectivity index (χ0) is 11.0. The van der Waals surface area contributed by atoms with Gasteiger partial charge in [-0.05, 0) is 49.9 Å². The highest BCUT2D eigenvalue weighted by Crippen LogP contribution is 2.45. The van der Waals surface area contributed by atoms with Gasteiger partial charge in [0.05, 0.1) is 0 Å². The number of nitrogens with one attached hydrogen (secondary N) is 1. The fourth-order valence-electron chi connectivity index (χ4n) is 3.21. The van der Waals surface area contributed by atoms with Crippen molar-refractivity contribution in [3.8, 4) is 0 Å². The van der Waals surface area contributed by atoms with Gasteiger partial charge < -0.3 is 5.32 Å². The van der Waals surface area contributed by atoms with E-state index in [1.54, 1.807) is 0 Å². The van der Waals surface area contributed by atoms with E-state index < -0.39 is 0 Å². The number of rotatable bonds is 6. The second kappa shape index (κ2) is 4.45. The van der Waals surface area contributed by atoms with Gasteiger partial charge in [0.15, 0.2) is 0 Å². The molecule has 88 valence electrons. The summed E-state index contributed by atoms with van der Waals surface area (Å²) in [5, 5.41) is 3.78. The Labute approximate surface area is 95.0 Å². The zero-order valence-corrected chi connectivity index (χ0v) is 10.8. The number of hydrogen-bond acceptors (Lipinski definition) is 1. The van der Waals surface area contributed by atoms with Crippen LogP contribution in [-0.4, -0.2) is 12.1 Å². The van der Waals surface area contributed by atoms with Gasteiger partial charge in [0.25, 0.3) is 0 Å². The first kappa shape index (κ1) is 11.4. The minimum absolute atomic E-state index is 0.731. The van der Waals surface area contributed by atoms with Gasteiger partial charge in [0, 0.05) is 12.1 Å². The van der Waals surface area contributed by atoms with Crippen LogP contribution >= 0.6 is 0 Å². The summed E-state index contributed by atoms with van der Waals surface area (Å²) in [6.07, 6.45) is 5.64. The number of hydrogen-bond donors (Lipinski definition) is 1. The van der Waals surface area contributed by atoms with E-state index in [4.69, 9.17) is 0 Å². The second-order valence-corrected chi connectivity index (χ2v) is 6.17. The largest absolute Gasteiger partial charge is 0.311 e. The average molecular weight is 209 g/mol. The first-order valence-corrected chi connectivity index (χ1v) is 6.87. The van der Waals surface area contributed by atoms with Gasteiger partial charge in [-0.1, -0.05) is 27.2 Å². The Bertz CT molecular complexity index is 213. The van der Waals surface area contributed by atoms with Crippen molar-refractivity contribution < 1.29 is 0 Å². The molecule has 2 rings (SSSR count). The van der Waals surface area contributed by atoms with E-state index in [-0.39, 0.29) is 0 Å². The van der Waals surface area contributed by atoms with Crippen LogP contribution in [0.1, 0.15) is 53.4 Å². The quantitative estimate of drug-likeness (QED) is 0.706. The minimum atomic E-state index is 0.731. The van der Waals surface area contributed by atoms with Crippen LogP contribution in [0.25, 0.3) is 0 Å². The van der Waals surface area contributed by atoms with Crippen molar-refractivity contribution >= 4 is 0 Å². The van der Waals surface area contributed by atoms with Gasteiger partial charge in [-0.25, -0.2) is 0 Å². The normalized spacial score (nSPS) is 42.4. The summed E-state index contributed by atoms with van der Waals surface area (Å²) in [5.74, 6) is 3.97. The molecule has 0 amide bonds. The first-order chi connectivity index (χ1) is 7.11. The van der Waals surface area contributed by atoms with Gasteiger partial charge in [-0.3, -0.25) is 0 Å². The van der Waals surface area contributed by atoms with Crippen LogP contribution in [0.4, 0.5) is 0 Å². The molecule has 6 unspecified atom stereocenters. The molecule has 0 spiro atoms. The van der Waals surface area contributed by atoms with Crippen molar-refractivity contribution in [3.63, 3.8) is 0 Å². The van der Waals surface area contributed by atoms with Crippen molar-refractivity contribution in [2.45, 2.75) is 65.5 Å². The van der Waals surface area contributed by atoms with Crippen LogP contribution in [-0.2, 0) is 0 Å². The highest BCUT2D eigenvalue weighted by molar-refractivity contribution is 4.94. The third kappa shape index (κ3) is 2.96. The Morgan fingerprint density at radius 3 is 2.40 bits per heavy atom. The lowest BCUT2D eigenvalue weighted by molar-refractivity contribution is 0.371. The van der Waals surface area contributed by atoms with Crippen LogP contribution in [0.15, 0.2) is 0 Å². The van der Waals surface area contributed by atoms with Crippen molar-refractivity contribution in [2.24, 2.45) is 23.7 Å². The molecule has 2 aliphatic carbocycles. The molecule has 6 atom stereocenters. The van der Waals surface area contributed by atoms with E-state index in [2.05, 4.69) is 33.0 Å². The highest BCUT2D eigenvalue weighted by Gasteiger charge is 2.39. The molecule has 0 aromatic carbocycles. The zero-order valence-electron chi connectivity index (χ0n) is 10.8. The molecule has 0 aromatic rings. The van der Waals surface area contributed by atoms with Crippen LogP contribution in [0.3, 0.4) is 0 Å². The summed E-state index contributed by atoms with van der Waals surface area (Å²) in [5.41, 5.74) is 0. The first-order valence-electron chi connectivity index (χ1n) is 6.87. The molecule has 2 saturated carbocycles. The fourth-order valence-corrected chi connectivity index (χ4v) is 3.21. The summed E-state index contributed by atoms with van der Waals surface area (Å²) in [4.78, 5) is 0. The Kier molecular flexibility index (Phi) is 3.39. The smallest absolute Gasteiger partial charge is 0.0101 e. The summed E-state index contributed by atoms with van der Waals surface area (Å²) in [6, 6.07) is 1.59. The summed E-state index contributed by atoms with van der Waals surface area (Å²) in [7, 11) is 0. The molecular formula is C14H27N. The molecule has 0 heterocycles. The molecule has 0 aromatic heterocycles. The van der Waals surface area contributed by atoms with Crippen LogP contribution in [0.2, 0.25) is 0 Å². The maximum Gasteiger partial charge on any atom is 0.0101 e. The standard InChI is InChI=1S/C14H27N/c1-5-12-8-14(12)15-11(4)6-9(2)13-7-10(13)3/h9-15H,5-8H2,1-4H3. The fraction of sp³-hybridized carbons (Fsp3) is 1.00. The molecule has 15 heavy (non-hydrogen) atoms. The molecule has 2 aliphatic rings. The molecule has 0 aliphatic heterocycles.